The Morgan fingerprint density at radius 1 is 1.45 bits per heavy atom. The van der Waals surface area contributed by atoms with Gasteiger partial charge >= 0.3 is 0 Å². The second kappa shape index (κ2) is 6.45. The van der Waals surface area contributed by atoms with Crippen LogP contribution in [-0.4, -0.2) is 30.7 Å². The molecule has 20 heavy (non-hydrogen) atoms. The van der Waals surface area contributed by atoms with Crippen LogP contribution in [-0.2, 0) is 10.0 Å². The lowest BCUT2D eigenvalue weighted by Gasteiger charge is -2.20. The molecule has 0 fully saturated rings. The fraction of sp³-hybridized carbons (Fsp3) is 0.417. The maximum absolute atomic E-state index is 12.5. The first-order valence-corrected chi connectivity index (χ1v) is 7.41. The van der Waals surface area contributed by atoms with E-state index in [2.05, 4.69) is 0 Å². The zero-order chi connectivity index (χ0) is 15.3. The summed E-state index contributed by atoms with van der Waals surface area (Å²) < 4.78 is 26.1. The van der Waals surface area contributed by atoms with Gasteiger partial charge in [0.2, 0.25) is 10.0 Å². The van der Waals surface area contributed by atoms with Gasteiger partial charge in [0.15, 0.2) is 0 Å². The molecule has 0 spiro atoms. The molecule has 8 heteroatoms. The van der Waals surface area contributed by atoms with Crippen molar-refractivity contribution in [2.45, 2.75) is 25.2 Å². The molecule has 108 valence electrons. The van der Waals surface area contributed by atoms with E-state index in [-0.39, 0.29) is 35.7 Å². The Hall–Kier alpha value is -1.98. The highest BCUT2D eigenvalue weighted by Gasteiger charge is 2.27. The smallest absolute Gasteiger partial charge is 0.258 e. The van der Waals surface area contributed by atoms with E-state index < -0.39 is 14.9 Å². The maximum Gasteiger partial charge on any atom is 0.273 e. The zero-order valence-corrected chi connectivity index (χ0v) is 12.1. The topological polar surface area (TPSA) is 104 Å². The zero-order valence-electron chi connectivity index (χ0n) is 11.2. The second-order valence-electron chi connectivity index (χ2n) is 4.06. The van der Waals surface area contributed by atoms with Crippen LogP contribution in [0.15, 0.2) is 23.1 Å². The van der Waals surface area contributed by atoms with E-state index in [9.17, 15) is 18.5 Å². The van der Waals surface area contributed by atoms with Gasteiger partial charge in [-0.15, -0.1) is 0 Å². The molecule has 7 nitrogen and oxygen atoms in total. The van der Waals surface area contributed by atoms with Crippen molar-refractivity contribution in [2.24, 2.45) is 0 Å². The van der Waals surface area contributed by atoms with Gasteiger partial charge in [0.05, 0.1) is 15.9 Å². The van der Waals surface area contributed by atoms with Gasteiger partial charge in [-0.2, -0.15) is 9.57 Å². The van der Waals surface area contributed by atoms with Gasteiger partial charge in [-0.25, -0.2) is 8.42 Å². The Kier molecular flexibility index (Phi) is 5.19. The fourth-order valence-electron chi connectivity index (χ4n) is 1.84. The van der Waals surface area contributed by atoms with E-state index in [0.717, 1.165) is 4.31 Å². The van der Waals surface area contributed by atoms with Crippen molar-refractivity contribution in [3.8, 4) is 6.07 Å². The molecular weight excluding hydrogens is 282 g/mol. The number of nitro groups is 1. The summed E-state index contributed by atoms with van der Waals surface area (Å²) in [5.74, 6) is 0. The van der Waals surface area contributed by atoms with E-state index in [4.69, 9.17) is 5.26 Å². The highest BCUT2D eigenvalue weighted by molar-refractivity contribution is 7.89. The van der Waals surface area contributed by atoms with Crippen LogP contribution in [0.1, 0.15) is 18.9 Å². The molecule has 0 aliphatic rings. The van der Waals surface area contributed by atoms with Gasteiger partial charge in [-0.05, 0) is 13.0 Å². The molecule has 0 heterocycles. The first kappa shape index (κ1) is 16.1. The normalized spacial score (nSPS) is 11.3. The predicted octanol–water partition coefficient (Wildman–Crippen LogP) is 1.83. The molecule has 1 aromatic carbocycles. The maximum atomic E-state index is 12.5. The van der Waals surface area contributed by atoms with Gasteiger partial charge in [-0.3, -0.25) is 10.1 Å². The van der Waals surface area contributed by atoms with E-state index in [1.807, 2.05) is 6.07 Å². The molecule has 0 aliphatic heterocycles. The highest BCUT2D eigenvalue weighted by Crippen LogP contribution is 2.27. The van der Waals surface area contributed by atoms with E-state index in [0.29, 0.717) is 0 Å². The number of nitriles is 1. The lowest BCUT2D eigenvalue weighted by Crippen LogP contribution is -2.32. The van der Waals surface area contributed by atoms with Gasteiger partial charge < -0.3 is 0 Å². The third kappa shape index (κ3) is 3.12. The van der Waals surface area contributed by atoms with Gasteiger partial charge in [-0.1, -0.05) is 13.0 Å². The molecule has 0 bridgehead atoms. The molecule has 0 amide bonds. The highest BCUT2D eigenvalue weighted by atomic mass is 32.2. The minimum absolute atomic E-state index is 0.0669. The summed E-state index contributed by atoms with van der Waals surface area (Å²) >= 11 is 0. The number of sulfonamides is 1. The van der Waals surface area contributed by atoms with Crippen LogP contribution in [0.5, 0.6) is 0 Å². The lowest BCUT2D eigenvalue weighted by molar-refractivity contribution is -0.385. The van der Waals surface area contributed by atoms with Crippen molar-refractivity contribution < 1.29 is 13.3 Å². The molecule has 0 aromatic heterocycles. The monoisotopic (exact) mass is 297 g/mol. The Balaban J connectivity index is 3.32. The molecule has 1 rings (SSSR count). The minimum atomic E-state index is -3.83. The van der Waals surface area contributed by atoms with Crippen molar-refractivity contribution in [3.05, 3.63) is 33.9 Å². The Morgan fingerprint density at radius 3 is 2.60 bits per heavy atom. The van der Waals surface area contributed by atoms with Crippen LogP contribution >= 0.6 is 0 Å². The molecule has 0 atom stereocenters. The summed E-state index contributed by atoms with van der Waals surface area (Å²) in [5, 5.41) is 19.4. The molecule has 0 saturated heterocycles. The standard InChI is InChI=1S/C12H15N3O4S/c1-3-14(9-5-8-13)20(18,19)12-7-4-6-11(10(12)2)15(16)17/h4,6-7H,3,5,9H2,1-2H3. The van der Waals surface area contributed by atoms with Crippen molar-refractivity contribution >= 4 is 15.7 Å². The average Bonchev–Trinajstić information content (AvgIpc) is 2.39. The predicted molar refractivity (Wildman–Crippen MR) is 72.5 cm³/mol. The number of rotatable bonds is 6. The van der Waals surface area contributed by atoms with Gasteiger partial charge in [0.1, 0.15) is 0 Å². The summed E-state index contributed by atoms with van der Waals surface area (Å²) in [6, 6.07) is 5.83. The minimum Gasteiger partial charge on any atom is -0.258 e. The summed E-state index contributed by atoms with van der Waals surface area (Å²) in [7, 11) is -3.83. The second-order valence-corrected chi connectivity index (χ2v) is 5.97. The van der Waals surface area contributed by atoms with Crippen LogP contribution in [0, 0.1) is 28.4 Å². The van der Waals surface area contributed by atoms with Gasteiger partial charge in [0.25, 0.3) is 5.69 Å². The van der Waals surface area contributed by atoms with Crippen LogP contribution in [0.4, 0.5) is 5.69 Å². The first-order valence-electron chi connectivity index (χ1n) is 5.97. The molecule has 0 aliphatic carbocycles. The summed E-state index contributed by atoms with van der Waals surface area (Å²) in [6.45, 7) is 3.33. The van der Waals surface area contributed by atoms with E-state index in [1.54, 1.807) is 6.92 Å². The first-order chi connectivity index (χ1) is 9.36. The quantitative estimate of drug-likeness (QED) is 0.588. The Labute approximate surface area is 117 Å². The van der Waals surface area contributed by atoms with Crippen LogP contribution in [0.3, 0.4) is 0 Å². The van der Waals surface area contributed by atoms with Crippen molar-refractivity contribution in [1.29, 1.82) is 5.26 Å². The third-order valence-electron chi connectivity index (χ3n) is 2.90. The Morgan fingerprint density at radius 2 is 2.10 bits per heavy atom. The SMILES string of the molecule is CCN(CCC#N)S(=O)(=O)c1cccc([N+](=O)[O-])c1C. The molecular formula is C12H15N3O4S. The van der Waals surface area contributed by atoms with E-state index in [1.165, 1.54) is 25.1 Å². The lowest BCUT2D eigenvalue weighted by atomic mass is 10.2. The number of nitrogens with zero attached hydrogens (tertiary/aromatic N) is 3. The van der Waals surface area contributed by atoms with Crippen LogP contribution in [0.25, 0.3) is 0 Å². The van der Waals surface area contributed by atoms with Crippen molar-refractivity contribution in [2.75, 3.05) is 13.1 Å². The number of nitro benzene ring substituents is 1. The molecule has 0 radical (unpaired) electrons. The van der Waals surface area contributed by atoms with Crippen molar-refractivity contribution in [1.82, 2.24) is 4.31 Å². The van der Waals surface area contributed by atoms with E-state index >= 15 is 0 Å². The van der Waals surface area contributed by atoms with Crippen LogP contribution < -0.4 is 0 Å². The average molecular weight is 297 g/mol. The molecule has 0 saturated carbocycles. The number of hydrogen-bond donors (Lipinski definition) is 0. The fourth-order valence-corrected chi connectivity index (χ4v) is 3.53. The number of benzene rings is 1. The molecule has 0 N–H and O–H groups in total. The largest absolute Gasteiger partial charge is 0.273 e. The van der Waals surface area contributed by atoms with Crippen molar-refractivity contribution in [3.63, 3.8) is 0 Å². The molecule has 0 unspecified atom stereocenters. The van der Waals surface area contributed by atoms with Gasteiger partial charge in [0, 0.05) is 31.1 Å². The van der Waals surface area contributed by atoms with Crippen LogP contribution in [0.2, 0.25) is 0 Å². The third-order valence-corrected chi connectivity index (χ3v) is 5.01. The Bertz CT molecular complexity index is 649. The summed E-state index contributed by atoms with van der Waals surface area (Å²) in [5.41, 5.74) is -0.129. The summed E-state index contributed by atoms with van der Waals surface area (Å²) in [6.07, 6.45) is 0.0705. The molecule has 1 aromatic rings. The summed E-state index contributed by atoms with van der Waals surface area (Å²) in [4.78, 5) is 10.2. The number of hydrogen-bond acceptors (Lipinski definition) is 5.